The number of methoxy groups -OCH3 is 1. The fourth-order valence-corrected chi connectivity index (χ4v) is 1.54. The number of nitrogens with zero attached hydrogens (tertiary/aromatic N) is 1. The Labute approximate surface area is 115 Å². The van der Waals surface area contributed by atoms with Gasteiger partial charge in [-0.3, -0.25) is 4.98 Å². The van der Waals surface area contributed by atoms with Gasteiger partial charge in [-0.15, -0.1) is 0 Å². The number of carbonyl (C=O) groups is 1. The van der Waals surface area contributed by atoms with E-state index in [0.29, 0.717) is 11.4 Å². The van der Waals surface area contributed by atoms with Crippen LogP contribution in [-0.4, -0.2) is 23.8 Å². The summed E-state index contributed by atoms with van der Waals surface area (Å²) in [5.41, 5.74) is 0.132. The Morgan fingerprint density at radius 3 is 2.72 bits per heavy atom. The third-order valence-electron chi connectivity index (χ3n) is 1.92. The van der Waals surface area contributed by atoms with Gasteiger partial charge in [0, 0.05) is 10.7 Å². The second kappa shape index (κ2) is 6.04. The van der Waals surface area contributed by atoms with Crippen molar-refractivity contribution in [3.63, 3.8) is 0 Å². The topological polar surface area (TPSA) is 60.5 Å². The lowest BCUT2D eigenvalue weighted by atomic mass is 10.2. The van der Waals surface area contributed by atoms with E-state index in [0.717, 1.165) is 4.47 Å². The summed E-state index contributed by atoms with van der Waals surface area (Å²) in [6, 6.07) is 1.79. The number of hydrogen-bond donors (Lipinski definition) is 1. The highest BCUT2D eigenvalue weighted by atomic mass is 79.9. The Bertz CT molecular complexity index is 430. The fraction of sp³-hybridized carbons (Fsp3) is 0.500. The average Bonchev–Trinajstić information content (AvgIpc) is 2.24. The number of rotatable bonds is 3. The summed E-state index contributed by atoms with van der Waals surface area (Å²) in [4.78, 5) is 15.7. The van der Waals surface area contributed by atoms with E-state index in [1.165, 1.54) is 0 Å². The summed E-state index contributed by atoms with van der Waals surface area (Å²) in [7, 11) is 1.56. The molecular formula is C12H17BrN2O3. The van der Waals surface area contributed by atoms with E-state index in [-0.39, 0.29) is 6.54 Å². The molecule has 0 saturated carbocycles. The first kappa shape index (κ1) is 14.8. The molecule has 18 heavy (non-hydrogen) atoms. The fourth-order valence-electron chi connectivity index (χ4n) is 1.23. The smallest absolute Gasteiger partial charge is 0.407 e. The summed E-state index contributed by atoms with van der Waals surface area (Å²) in [6.07, 6.45) is 1.17. The van der Waals surface area contributed by atoms with Crippen LogP contribution in [0.4, 0.5) is 4.79 Å². The summed E-state index contributed by atoms with van der Waals surface area (Å²) in [5, 5.41) is 2.63. The quantitative estimate of drug-likeness (QED) is 0.931. The van der Waals surface area contributed by atoms with Crippen LogP contribution in [0.25, 0.3) is 0 Å². The van der Waals surface area contributed by atoms with Gasteiger partial charge >= 0.3 is 6.09 Å². The van der Waals surface area contributed by atoms with Crippen LogP contribution in [-0.2, 0) is 11.3 Å². The standard InChI is InChI=1S/C12H17BrN2O3/c1-12(2,3)18-11(16)15-7-9-10(17-4)5-8(13)6-14-9/h5-6H,7H2,1-4H3,(H,15,16). The van der Waals surface area contributed by atoms with E-state index < -0.39 is 11.7 Å². The minimum Gasteiger partial charge on any atom is -0.495 e. The third-order valence-corrected chi connectivity index (χ3v) is 2.35. The van der Waals surface area contributed by atoms with Crippen molar-refractivity contribution in [2.45, 2.75) is 32.9 Å². The van der Waals surface area contributed by atoms with Crippen molar-refractivity contribution in [3.05, 3.63) is 22.4 Å². The normalized spacial score (nSPS) is 10.9. The SMILES string of the molecule is COc1cc(Br)cnc1CNC(=O)OC(C)(C)C. The van der Waals surface area contributed by atoms with Gasteiger partial charge in [0.15, 0.2) is 0 Å². The molecule has 0 radical (unpaired) electrons. The molecule has 0 aliphatic heterocycles. The van der Waals surface area contributed by atoms with Crippen LogP contribution in [0.2, 0.25) is 0 Å². The Morgan fingerprint density at radius 2 is 2.17 bits per heavy atom. The maximum atomic E-state index is 11.5. The number of carbonyl (C=O) groups excluding carboxylic acids is 1. The number of alkyl carbamates (subject to hydrolysis) is 1. The first-order chi connectivity index (χ1) is 8.31. The number of pyridine rings is 1. The van der Waals surface area contributed by atoms with Crippen molar-refractivity contribution in [2.24, 2.45) is 0 Å². The van der Waals surface area contributed by atoms with E-state index in [9.17, 15) is 4.79 Å². The van der Waals surface area contributed by atoms with Gasteiger partial charge < -0.3 is 14.8 Å². The van der Waals surface area contributed by atoms with Gasteiger partial charge in [0.25, 0.3) is 0 Å². The van der Waals surface area contributed by atoms with Crippen molar-refractivity contribution >= 4 is 22.0 Å². The van der Waals surface area contributed by atoms with Gasteiger partial charge in [-0.05, 0) is 42.8 Å². The van der Waals surface area contributed by atoms with Gasteiger partial charge in [0.2, 0.25) is 0 Å². The van der Waals surface area contributed by atoms with E-state index >= 15 is 0 Å². The van der Waals surface area contributed by atoms with Gasteiger partial charge in [0.1, 0.15) is 17.0 Å². The number of aromatic nitrogens is 1. The molecule has 1 rings (SSSR count). The van der Waals surface area contributed by atoms with E-state index in [1.54, 1.807) is 19.4 Å². The number of hydrogen-bond acceptors (Lipinski definition) is 4. The van der Waals surface area contributed by atoms with Gasteiger partial charge in [-0.25, -0.2) is 4.79 Å². The predicted molar refractivity (Wildman–Crippen MR) is 71.6 cm³/mol. The molecule has 100 valence electrons. The lowest BCUT2D eigenvalue weighted by Crippen LogP contribution is -2.32. The minimum absolute atomic E-state index is 0.255. The van der Waals surface area contributed by atoms with E-state index in [4.69, 9.17) is 9.47 Å². The molecule has 6 heteroatoms. The Kier molecular flexibility index (Phi) is 4.95. The zero-order chi connectivity index (χ0) is 13.8. The van der Waals surface area contributed by atoms with Crippen molar-refractivity contribution < 1.29 is 14.3 Å². The average molecular weight is 317 g/mol. The monoisotopic (exact) mass is 316 g/mol. The largest absolute Gasteiger partial charge is 0.495 e. The van der Waals surface area contributed by atoms with Crippen molar-refractivity contribution in [3.8, 4) is 5.75 Å². The Balaban J connectivity index is 2.61. The van der Waals surface area contributed by atoms with Gasteiger partial charge in [0.05, 0.1) is 13.7 Å². The van der Waals surface area contributed by atoms with Crippen molar-refractivity contribution in [2.75, 3.05) is 7.11 Å². The van der Waals surface area contributed by atoms with Crippen LogP contribution >= 0.6 is 15.9 Å². The van der Waals surface area contributed by atoms with E-state index in [2.05, 4.69) is 26.2 Å². The molecule has 5 nitrogen and oxygen atoms in total. The van der Waals surface area contributed by atoms with Gasteiger partial charge in [-0.2, -0.15) is 0 Å². The second-order valence-electron chi connectivity index (χ2n) is 4.66. The molecule has 0 spiro atoms. The second-order valence-corrected chi connectivity index (χ2v) is 5.57. The molecule has 1 N–H and O–H groups in total. The van der Waals surface area contributed by atoms with Crippen LogP contribution in [0.15, 0.2) is 16.7 Å². The lowest BCUT2D eigenvalue weighted by Gasteiger charge is -2.19. The lowest BCUT2D eigenvalue weighted by molar-refractivity contribution is 0.0522. The highest BCUT2D eigenvalue weighted by Crippen LogP contribution is 2.20. The van der Waals surface area contributed by atoms with Crippen LogP contribution < -0.4 is 10.1 Å². The van der Waals surface area contributed by atoms with Crippen molar-refractivity contribution in [1.29, 1.82) is 0 Å². The molecule has 0 aliphatic rings. The zero-order valence-corrected chi connectivity index (χ0v) is 12.5. The number of amides is 1. The first-order valence-electron chi connectivity index (χ1n) is 5.47. The first-order valence-corrected chi connectivity index (χ1v) is 6.26. The Morgan fingerprint density at radius 1 is 1.50 bits per heavy atom. The molecule has 1 aromatic rings. The molecule has 1 amide bonds. The third kappa shape index (κ3) is 4.91. The van der Waals surface area contributed by atoms with E-state index in [1.807, 2.05) is 20.8 Å². The molecule has 1 heterocycles. The molecule has 0 aromatic carbocycles. The maximum Gasteiger partial charge on any atom is 0.407 e. The number of ether oxygens (including phenoxy) is 2. The molecular weight excluding hydrogens is 300 g/mol. The molecule has 0 atom stereocenters. The van der Waals surface area contributed by atoms with Crippen molar-refractivity contribution in [1.82, 2.24) is 10.3 Å². The molecule has 0 aliphatic carbocycles. The summed E-state index contributed by atoms with van der Waals surface area (Å²) in [6.45, 7) is 5.69. The van der Waals surface area contributed by atoms with Crippen LogP contribution in [0, 0.1) is 0 Å². The highest BCUT2D eigenvalue weighted by molar-refractivity contribution is 9.10. The maximum absolute atomic E-state index is 11.5. The summed E-state index contributed by atoms with van der Waals surface area (Å²) in [5.74, 6) is 0.612. The van der Waals surface area contributed by atoms with Crippen LogP contribution in [0.1, 0.15) is 26.5 Å². The predicted octanol–water partition coefficient (Wildman–Crippen LogP) is 2.88. The minimum atomic E-state index is -0.513. The molecule has 0 unspecified atom stereocenters. The summed E-state index contributed by atoms with van der Waals surface area (Å²) >= 11 is 3.30. The van der Waals surface area contributed by atoms with Gasteiger partial charge in [-0.1, -0.05) is 0 Å². The molecule has 0 fully saturated rings. The number of halogens is 1. The molecule has 0 bridgehead atoms. The van der Waals surface area contributed by atoms with Crippen LogP contribution in [0.3, 0.4) is 0 Å². The summed E-state index contributed by atoms with van der Waals surface area (Å²) < 4.78 is 11.1. The van der Waals surface area contributed by atoms with Crippen LogP contribution in [0.5, 0.6) is 5.75 Å². The molecule has 0 saturated heterocycles. The Hall–Kier alpha value is -1.30. The molecule has 1 aromatic heterocycles. The number of nitrogens with one attached hydrogen (secondary N) is 1. The highest BCUT2D eigenvalue weighted by Gasteiger charge is 2.16. The zero-order valence-electron chi connectivity index (χ0n) is 10.9.